The van der Waals surface area contributed by atoms with E-state index in [0.29, 0.717) is 17.1 Å². The first-order valence-corrected chi connectivity index (χ1v) is 9.98. The predicted molar refractivity (Wildman–Crippen MR) is 97.5 cm³/mol. The van der Waals surface area contributed by atoms with E-state index < -0.39 is 10.0 Å². The number of aromatic nitrogens is 4. The molecule has 1 aliphatic rings. The molecule has 8 nitrogen and oxygen atoms in total. The summed E-state index contributed by atoms with van der Waals surface area (Å²) in [6, 6.07) is 5.26. The van der Waals surface area contributed by atoms with Crippen molar-refractivity contribution in [1.82, 2.24) is 19.7 Å². The molecule has 1 aliphatic heterocycles. The van der Waals surface area contributed by atoms with Crippen LogP contribution in [0.5, 0.6) is 0 Å². The van der Waals surface area contributed by atoms with Crippen LogP contribution < -0.4 is 4.72 Å². The molecule has 0 saturated carbocycles. The van der Waals surface area contributed by atoms with Gasteiger partial charge in [0, 0.05) is 13.7 Å². The zero-order valence-corrected chi connectivity index (χ0v) is 15.7. The lowest BCUT2D eigenvalue weighted by atomic mass is 10.2. The number of fused-ring (bicyclic) bond motifs is 1. The topological polar surface area (TPSA) is 102 Å². The van der Waals surface area contributed by atoms with Crippen LogP contribution in [0, 0.1) is 13.8 Å². The largest absolute Gasteiger partial charge is 0.370 e. The van der Waals surface area contributed by atoms with E-state index in [-0.39, 0.29) is 11.0 Å². The molecule has 1 unspecified atom stereocenters. The highest BCUT2D eigenvalue weighted by atomic mass is 32.2. The molecule has 0 radical (unpaired) electrons. The van der Waals surface area contributed by atoms with Gasteiger partial charge in [-0.25, -0.2) is 13.4 Å². The Kier molecular flexibility index (Phi) is 4.00. The molecule has 1 saturated heterocycles. The molecule has 1 atom stereocenters. The summed E-state index contributed by atoms with van der Waals surface area (Å²) in [5.41, 5.74) is 3.10. The number of nitrogens with zero attached hydrogens (tertiary/aromatic N) is 3. The summed E-state index contributed by atoms with van der Waals surface area (Å²) in [6.07, 6.45) is 1.96. The van der Waals surface area contributed by atoms with Gasteiger partial charge < -0.3 is 9.72 Å². The number of anilines is 1. The van der Waals surface area contributed by atoms with Crippen LogP contribution in [0.3, 0.4) is 0 Å². The fourth-order valence-electron chi connectivity index (χ4n) is 3.39. The maximum Gasteiger partial charge on any atom is 0.265 e. The molecule has 4 rings (SSSR count). The highest BCUT2D eigenvalue weighted by Gasteiger charge is 2.24. The molecule has 0 bridgehead atoms. The highest BCUT2D eigenvalue weighted by Crippen LogP contribution is 2.29. The van der Waals surface area contributed by atoms with Gasteiger partial charge >= 0.3 is 0 Å². The zero-order valence-electron chi connectivity index (χ0n) is 14.9. The Balaban J connectivity index is 1.66. The lowest BCUT2D eigenvalue weighted by Gasteiger charge is -2.08. The van der Waals surface area contributed by atoms with Gasteiger partial charge in [-0.3, -0.25) is 9.40 Å². The molecule has 3 heterocycles. The molecule has 138 valence electrons. The van der Waals surface area contributed by atoms with Crippen molar-refractivity contribution >= 4 is 26.7 Å². The number of rotatable bonds is 4. The number of H-pyrrole nitrogens is 1. The van der Waals surface area contributed by atoms with Gasteiger partial charge in [0.15, 0.2) is 0 Å². The Bertz CT molecular complexity index is 1080. The van der Waals surface area contributed by atoms with Crippen LogP contribution in [0.1, 0.15) is 36.2 Å². The Morgan fingerprint density at radius 3 is 2.81 bits per heavy atom. The third kappa shape index (κ3) is 2.86. The van der Waals surface area contributed by atoms with Gasteiger partial charge in [0.05, 0.1) is 28.1 Å². The van der Waals surface area contributed by atoms with Crippen molar-refractivity contribution in [3.05, 3.63) is 35.4 Å². The molecule has 1 aromatic carbocycles. The van der Waals surface area contributed by atoms with Crippen LogP contribution in [0.25, 0.3) is 11.0 Å². The first-order valence-electron chi connectivity index (χ1n) is 8.49. The number of ether oxygens (including phenoxy) is 1. The van der Waals surface area contributed by atoms with Crippen molar-refractivity contribution in [2.24, 2.45) is 7.05 Å². The first kappa shape index (κ1) is 17.0. The summed E-state index contributed by atoms with van der Waals surface area (Å²) in [4.78, 5) is 8.01. The minimum absolute atomic E-state index is 0.0109. The number of hydrogen-bond donors (Lipinski definition) is 2. The Hall–Kier alpha value is -2.39. The summed E-state index contributed by atoms with van der Waals surface area (Å²) in [5.74, 6) is 0.788. The van der Waals surface area contributed by atoms with Gasteiger partial charge in [-0.1, -0.05) is 0 Å². The van der Waals surface area contributed by atoms with E-state index in [0.717, 1.165) is 36.3 Å². The van der Waals surface area contributed by atoms with Crippen LogP contribution in [-0.2, 0) is 21.8 Å². The normalized spacial score (nSPS) is 17.9. The number of aromatic amines is 1. The van der Waals surface area contributed by atoms with Crippen molar-refractivity contribution in [3.8, 4) is 0 Å². The Morgan fingerprint density at radius 2 is 2.15 bits per heavy atom. The lowest BCUT2D eigenvalue weighted by molar-refractivity contribution is 0.106. The quantitative estimate of drug-likeness (QED) is 0.730. The average molecular weight is 375 g/mol. The zero-order chi connectivity index (χ0) is 18.5. The standard InChI is InChI=1S/C17H21N5O3S/c1-10-16(11(2)22(3)20-10)26(23,24)21-12-6-7-13-14(9-12)19-17(18-13)15-5-4-8-25-15/h6-7,9,15,21H,4-5,8H2,1-3H3,(H,18,19). The molecule has 1 fully saturated rings. The molecule has 26 heavy (non-hydrogen) atoms. The minimum atomic E-state index is -3.72. The fourth-order valence-corrected chi connectivity index (χ4v) is 4.88. The predicted octanol–water partition coefficient (Wildman–Crippen LogP) is 2.57. The molecular formula is C17H21N5O3S. The molecule has 2 aromatic heterocycles. The average Bonchev–Trinajstić information content (AvgIpc) is 3.26. The lowest BCUT2D eigenvalue weighted by Crippen LogP contribution is -2.14. The van der Waals surface area contributed by atoms with Crippen molar-refractivity contribution < 1.29 is 13.2 Å². The molecule has 0 amide bonds. The van der Waals surface area contributed by atoms with E-state index in [1.807, 2.05) is 0 Å². The summed E-state index contributed by atoms with van der Waals surface area (Å²) >= 11 is 0. The van der Waals surface area contributed by atoms with E-state index in [2.05, 4.69) is 19.8 Å². The number of hydrogen-bond acceptors (Lipinski definition) is 5. The van der Waals surface area contributed by atoms with Crippen LogP contribution in [-0.4, -0.2) is 34.8 Å². The summed E-state index contributed by atoms with van der Waals surface area (Å²) in [5, 5.41) is 4.18. The fraction of sp³-hybridized carbons (Fsp3) is 0.412. The maximum absolute atomic E-state index is 12.8. The van der Waals surface area contributed by atoms with E-state index >= 15 is 0 Å². The Morgan fingerprint density at radius 1 is 1.35 bits per heavy atom. The van der Waals surface area contributed by atoms with E-state index in [4.69, 9.17) is 4.74 Å². The molecule has 0 spiro atoms. The monoisotopic (exact) mass is 375 g/mol. The smallest absolute Gasteiger partial charge is 0.265 e. The second-order valence-corrected chi connectivity index (χ2v) is 8.20. The number of imidazole rings is 1. The Labute approximate surface area is 151 Å². The van der Waals surface area contributed by atoms with Crippen molar-refractivity contribution in [2.45, 2.75) is 37.7 Å². The summed E-state index contributed by atoms with van der Waals surface area (Å²) in [6.45, 7) is 4.17. The molecule has 2 N–H and O–H groups in total. The number of benzene rings is 1. The number of nitrogens with one attached hydrogen (secondary N) is 2. The van der Waals surface area contributed by atoms with Gasteiger partial charge in [0.2, 0.25) is 0 Å². The third-order valence-corrected chi connectivity index (χ3v) is 6.33. The SMILES string of the molecule is Cc1nn(C)c(C)c1S(=O)(=O)Nc1ccc2nc(C3CCCO3)[nH]c2c1. The van der Waals surface area contributed by atoms with E-state index in [1.54, 1.807) is 43.8 Å². The summed E-state index contributed by atoms with van der Waals surface area (Å²) < 4.78 is 35.5. The van der Waals surface area contributed by atoms with Crippen LogP contribution in [0.15, 0.2) is 23.1 Å². The van der Waals surface area contributed by atoms with Gasteiger partial charge in [-0.05, 0) is 44.9 Å². The van der Waals surface area contributed by atoms with E-state index in [9.17, 15) is 8.42 Å². The highest BCUT2D eigenvalue weighted by molar-refractivity contribution is 7.92. The minimum Gasteiger partial charge on any atom is -0.370 e. The maximum atomic E-state index is 12.8. The molecule has 3 aromatic rings. The number of sulfonamides is 1. The van der Waals surface area contributed by atoms with Crippen molar-refractivity contribution in [2.75, 3.05) is 11.3 Å². The summed E-state index contributed by atoms with van der Waals surface area (Å²) in [7, 11) is -2.00. The van der Waals surface area contributed by atoms with Crippen molar-refractivity contribution in [1.29, 1.82) is 0 Å². The van der Waals surface area contributed by atoms with Gasteiger partial charge in [-0.15, -0.1) is 0 Å². The van der Waals surface area contributed by atoms with Crippen molar-refractivity contribution in [3.63, 3.8) is 0 Å². The van der Waals surface area contributed by atoms with Crippen LogP contribution in [0.4, 0.5) is 5.69 Å². The van der Waals surface area contributed by atoms with Gasteiger partial charge in [-0.2, -0.15) is 5.10 Å². The number of aryl methyl sites for hydroxylation is 2. The first-order chi connectivity index (χ1) is 12.3. The third-order valence-electron chi connectivity index (χ3n) is 4.70. The van der Waals surface area contributed by atoms with Crippen LogP contribution in [0.2, 0.25) is 0 Å². The molecular weight excluding hydrogens is 354 g/mol. The van der Waals surface area contributed by atoms with Crippen LogP contribution >= 0.6 is 0 Å². The van der Waals surface area contributed by atoms with Gasteiger partial charge in [0.25, 0.3) is 10.0 Å². The second-order valence-electron chi connectivity index (χ2n) is 6.58. The van der Waals surface area contributed by atoms with E-state index in [1.165, 1.54) is 0 Å². The molecule has 0 aliphatic carbocycles. The van der Waals surface area contributed by atoms with Gasteiger partial charge in [0.1, 0.15) is 16.8 Å². The second kappa shape index (κ2) is 6.10. The molecule has 9 heteroatoms.